The molecule has 0 unspecified atom stereocenters. The first-order valence-electron chi connectivity index (χ1n) is 15.7. The quantitative estimate of drug-likeness (QED) is 0.203. The number of furan rings is 1. The van der Waals surface area contributed by atoms with E-state index in [9.17, 15) is 0 Å². The van der Waals surface area contributed by atoms with Gasteiger partial charge in [-0.3, -0.25) is 0 Å². The highest BCUT2D eigenvalue weighted by Gasteiger charge is 2.19. The Bertz CT molecular complexity index is 2720. The summed E-state index contributed by atoms with van der Waals surface area (Å²) in [6.45, 7) is 4.00. The van der Waals surface area contributed by atoms with Gasteiger partial charge in [0, 0.05) is 27.2 Å². The second-order valence-corrected chi connectivity index (χ2v) is 11.4. The number of hydrogen-bond donors (Lipinski definition) is 1. The van der Waals surface area contributed by atoms with Gasteiger partial charge in [0.1, 0.15) is 5.58 Å². The third kappa shape index (κ3) is 3.64. The van der Waals surface area contributed by atoms with Crippen LogP contribution < -0.4 is 0 Å². The first-order valence-corrected chi connectivity index (χ1v) is 15.7. The fraction of sp³-hybridized carbons (Fsp3) is 0.0476. The van der Waals surface area contributed by atoms with Gasteiger partial charge in [-0.15, -0.1) is 0 Å². The standard InChI is InChI=1S/C40H24N2O.C2H6/c1-2-10-26(11-3-1)42-34-17-9-8-14-29(34)32-22-24(18-20-35(32)42)25-19-21-36-33(23-25)39-40(43-36)37-30-15-6-4-12-27(30)28-13-5-7-16-31(28)38(37)41-39;1-2/h1-23,41H;1-2H3. The Balaban J connectivity index is 0.00000138. The summed E-state index contributed by atoms with van der Waals surface area (Å²) >= 11 is 0. The van der Waals surface area contributed by atoms with Gasteiger partial charge in [0.25, 0.3) is 0 Å². The first kappa shape index (κ1) is 25.7. The Morgan fingerprint density at radius 1 is 0.467 bits per heavy atom. The number of nitrogens with zero attached hydrogens (tertiary/aromatic N) is 1. The summed E-state index contributed by atoms with van der Waals surface area (Å²) < 4.78 is 8.96. The molecule has 0 aliphatic rings. The number of nitrogens with one attached hydrogen (secondary N) is 1. The highest BCUT2D eigenvalue weighted by Crippen LogP contribution is 2.43. The van der Waals surface area contributed by atoms with Gasteiger partial charge < -0.3 is 14.0 Å². The van der Waals surface area contributed by atoms with E-state index in [2.05, 4.69) is 149 Å². The molecule has 0 aliphatic heterocycles. The van der Waals surface area contributed by atoms with E-state index in [1.54, 1.807) is 0 Å². The molecule has 10 aromatic rings. The molecule has 0 saturated carbocycles. The molecule has 0 saturated heterocycles. The van der Waals surface area contributed by atoms with Crippen LogP contribution in [0.1, 0.15) is 13.8 Å². The van der Waals surface area contributed by atoms with Crippen LogP contribution in [0.2, 0.25) is 0 Å². The summed E-state index contributed by atoms with van der Waals surface area (Å²) in [6.07, 6.45) is 0. The van der Waals surface area contributed by atoms with Gasteiger partial charge in [-0.25, -0.2) is 0 Å². The maximum atomic E-state index is 6.60. The van der Waals surface area contributed by atoms with Gasteiger partial charge in [0.15, 0.2) is 5.58 Å². The van der Waals surface area contributed by atoms with Gasteiger partial charge in [-0.1, -0.05) is 111 Å². The molecule has 0 amide bonds. The van der Waals surface area contributed by atoms with Crippen LogP contribution in [0.25, 0.3) is 93.1 Å². The average molecular weight is 579 g/mol. The fourth-order valence-electron chi connectivity index (χ4n) is 7.22. The summed E-state index contributed by atoms with van der Waals surface area (Å²) in [5.41, 5.74) is 9.94. The summed E-state index contributed by atoms with van der Waals surface area (Å²) in [5, 5.41) is 9.68. The van der Waals surface area contributed by atoms with Crippen LogP contribution in [-0.2, 0) is 0 Å². The minimum atomic E-state index is 0.894. The molecule has 1 N–H and O–H groups in total. The van der Waals surface area contributed by atoms with Crippen LogP contribution in [0.5, 0.6) is 0 Å². The molecule has 0 radical (unpaired) electrons. The Morgan fingerprint density at radius 3 is 1.82 bits per heavy atom. The van der Waals surface area contributed by atoms with Crippen molar-refractivity contribution < 1.29 is 4.42 Å². The van der Waals surface area contributed by atoms with Crippen LogP contribution >= 0.6 is 0 Å². The number of rotatable bonds is 2. The number of fused-ring (bicyclic) bond motifs is 13. The van der Waals surface area contributed by atoms with E-state index >= 15 is 0 Å². The first-order chi connectivity index (χ1) is 22.3. The molecular weight excluding hydrogens is 548 g/mol. The molecular formula is C42H30N2O. The maximum Gasteiger partial charge on any atom is 0.161 e. The minimum Gasteiger partial charge on any atom is -0.454 e. The van der Waals surface area contributed by atoms with Crippen molar-refractivity contribution in [2.24, 2.45) is 0 Å². The number of H-pyrrole nitrogens is 1. The molecule has 3 nitrogen and oxygen atoms in total. The number of aromatic amines is 1. The molecule has 214 valence electrons. The van der Waals surface area contributed by atoms with Crippen LogP contribution in [0.3, 0.4) is 0 Å². The van der Waals surface area contributed by atoms with Crippen molar-refractivity contribution in [3.8, 4) is 16.8 Å². The zero-order chi connectivity index (χ0) is 30.1. The third-order valence-electron chi connectivity index (χ3n) is 9.12. The zero-order valence-electron chi connectivity index (χ0n) is 25.1. The van der Waals surface area contributed by atoms with Crippen LogP contribution in [0.4, 0.5) is 0 Å². The molecule has 45 heavy (non-hydrogen) atoms. The van der Waals surface area contributed by atoms with E-state index < -0.39 is 0 Å². The molecule has 3 heterocycles. The second-order valence-electron chi connectivity index (χ2n) is 11.4. The van der Waals surface area contributed by atoms with Crippen LogP contribution in [-0.4, -0.2) is 9.55 Å². The molecule has 0 spiro atoms. The van der Waals surface area contributed by atoms with Crippen molar-refractivity contribution in [1.82, 2.24) is 9.55 Å². The Morgan fingerprint density at radius 2 is 1.04 bits per heavy atom. The van der Waals surface area contributed by atoms with Crippen molar-refractivity contribution >= 4 is 76.3 Å². The zero-order valence-corrected chi connectivity index (χ0v) is 25.1. The van der Waals surface area contributed by atoms with E-state index in [-0.39, 0.29) is 0 Å². The minimum absolute atomic E-state index is 0.894. The highest BCUT2D eigenvalue weighted by molar-refractivity contribution is 6.32. The average Bonchev–Trinajstić information content (AvgIpc) is 3.77. The number of hydrogen-bond acceptors (Lipinski definition) is 1. The largest absolute Gasteiger partial charge is 0.454 e. The SMILES string of the molecule is CC.c1ccc(-n2c3ccccc3c3cc(-c4ccc5oc6c([nH]c7c8ccccc8c8ccccc8c76)c5c4)ccc32)cc1. The number of aromatic nitrogens is 2. The highest BCUT2D eigenvalue weighted by atomic mass is 16.3. The Hall–Kier alpha value is -5.80. The van der Waals surface area contributed by atoms with E-state index in [4.69, 9.17) is 4.42 Å². The van der Waals surface area contributed by atoms with Gasteiger partial charge in [-0.2, -0.15) is 0 Å². The fourth-order valence-corrected chi connectivity index (χ4v) is 7.22. The molecule has 0 atom stereocenters. The summed E-state index contributed by atoms with van der Waals surface area (Å²) in [6, 6.07) is 50.0. The van der Waals surface area contributed by atoms with Gasteiger partial charge in [-0.05, 0) is 69.8 Å². The molecule has 10 rings (SSSR count). The Labute approximate surface area is 259 Å². The lowest BCUT2D eigenvalue weighted by atomic mass is 9.98. The molecule has 0 aliphatic carbocycles. The monoisotopic (exact) mass is 578 g/mol. The lowest BCUT2D eigenvalue weighted by Crippen LogP contribution is -1.92. The summed E-state index contributed by atoms with van der Waals surface area (Å²) in [7, 11) is 0. The second kappa shape index (κ2) is 9.87. The summed E-state index contributed by atoms with van der Waals surface area (Å²) in [4.78, 5) is 3.79. The molecule has 0 bridgehead atoms. The smallest absolute Gasteiger partial charge is 0.161 e. The van der Waals surface area contributed by atoms with Crippen molar-refractivity contribution in [2.45, 2.75) is 13.8 Å². The normalized spacial score (nSPS) is 11.8. The van der Waals surface area contributed by atoms with Crippen LogP contribution in [0, 0.1) is 0 Å². The molecule has 3 heteroatoms. The predicted octanol–water partition coefficient (Wildman–Crippen LogP) is 12.2. The topological polar surface area (TPSA) is 33.9 Å². The van der Waals surface area contributed by atoms with Gasteiger partial charge in [0.05, 0.1) is 27.5 Å². The van der Waals surface area contributed by atoms with E-state index in [0.29, 0.717) is 0 Å². The predicted molar refractivity (Wildman–Crippen MR) is 192 cm³/mol. The van der Waals surface area contributed by atoms with E-state index in [0.717, 1.165) is 33.0 Å². The lowest BCUT2D eigenvalue weighted by molar-refractivity contribution is 0.673. The van der Waals surface area contributed by atoms with Crippen molar-refractivity contribution in [3.05, 3.63) is 140 Å². The van der Waals surface area contributed by atoms with E-state index in [1.807, 2.05) is 13.8 Å². The Kier molecular flexibility index (Phi) is 5.63. The number of para-hydroxylation sites is 2. The molecule has 7 aromatic carbocycles. The molecule has 3 aromatic heterocycles. The molecule has 0 fully saturated rings. The van der Waals surface area contributed by atoms with E-state index in [1.165, 1.54) is 60.2 Å². The summed E-state index contributed by atoms with van der Waals surface area (Å²) in [5.74, 6) is 0. The lowest BCUT2D eigenvalue weighted by Gasteiger charge is -2.08. The third-order valence-corrected chi connectivity index (χ3v) is 9.12. The van der Waals surface area contributed by atoms with Crippen LogP contribution in [0.15, 0.2) is 144 Å². The maximum absolute atomic E-state index is 6.60. The van der Waals surface area contributed by atoms with Gasteiger partial charge >= 0.3 is 0 Å². The van der Waals surface area contributed by atoms with Crippen molar-refractivity contribution in [3.63, 3.8) is 0 Å². The number of benzene rings is 7. The van der Waals surface area contributed by atoms with Gasteiger partial charge in [0.2, 0.25) is 0 Å². The van der Waals surface area contributed by atoms with Crippen molar-refractivity contribution in [1.29, 1.82) is 0 Å². The van der Waals surface area contributed by atoms with Crippen molar-refractivity contribution in [2.75, 3.05) is 0 Å².